The Labute approximate surface area is 192 Å². The highest BCUT2D eigenvalue weighted by Gasteiger charge is 2.29. The van der Waals surface area contributed by atoms with Crippen molar-refractivity contribution in [2.24, 2.45) is 0 Å². The van der Waals surface area contributed by atoms with Gasteiger partial charge in [0.25, 0.3) is 0 Å². The van der Waals surface area contributed by atoms with Crippen molar-refractivity contribution in [3.05, 3.63) is 59.6 Å². The molecule has 0 aliphatic carbocycles. The predicted molar refractivity (Wildman–Crippen MR) is 123 cm³/mol. The van der Waals surface area contributed by atoms with Crippen LogP contribution in [0.15, 0.2) is 59.5 Å². The van der Waals surface area contributed by atoms with E-state index in [1.54, 1.807) is 26.4 Å². The molecule has 8 nitrogen and oxygen atoms in total. The Morgan fingerprint density at radius 3 is 2.12 bits per heavy atom. The van der Waals surface area contributed by atoms with Crippen molar-refractivity contribution in [1.29, 1.82) is 0 Å². The SMILES string of the molecule is COc1ccc(-c2ccc(N3CCN(S(=O)(=O)c4ccc(Cl)cc4)CC3)nn2)cc1OC. The zero-order chi connectivity index (χ0) is 22.7. The number of aromatic nitrogens is 2. The van der Waals surface area contributed by atoms with Crippen molar-refractivity contribution in [1.82, 2.24) is 14.5 Å². The number of benzene rings is 2. The summed E-state index contributed by atoms with van der Waals surface area (Å²) in [7, 11) is -0.373. The van der Waals surface area contributed by atoms with E-state index in [0.717, 1.165) is 5.56 Å². The Hall–Kier alpha value is -2.88. The zero-order valence-electron chi connectivity index (χ0n) is 17.7. The Bertz CT molecular complexity index is 1180. The summed E-state index contributed by atoms with van der Waals surface area (Å²) in [6.07, 6.45) is 0. The molecular formula is C22H23ClN4O4S. The van der Waals surface area contributed by atoms with Crippen molar-refractivity contribution in [2.45, 2.75) is 4.90 Å². The van der Waals surface area contributed by atoms with Gasteiger partial charge in [-0.15, -0.1) is 10.2 Å². The molecule has 0 saturated carbocycles. The van der Waals surface area contributed by atoms with Crippen LogP contribution in [0.1, 0.15) is 0 Å². The van der Waals surface area contributed by atoms with Gasteiger partial charge in [-0.3, -0.25) is 0 Å². The van der Waals surface area contributed by atoms with E-state index in [0.29, 0.717) is 54.2 Å². The molecule has 0 bridgehead atoms. The van der Waals surface area contributed by atoms with E-state index in [-0.39, 0.29) is 4.90 Å². The number of sulfonamides is 1. The molecule has 1 aliphatic rings. The number of ether oxygens (including phenoxy) is 2. The van der Waals surface area contributed by atoms with Crippen LogP contribution in [0.3, 0.4) is 0 Å². The molecule has 2 aromatic carbocycles. The molecule has 1 aromatic heterocycles. The molecule has 4 rings (SSSR count). The van der Waals surface area contributed by atoms with Crippen LogP contribution < -0.4 is 14.4 Å². The Morgan fingerprint density at radius 2 is 1.53 bits per heavy atom. The summed E-state index contributed by atoms with van der Waals surface area (Å²) in [5.41, 5.74) is 1.57. The second-order valence-corrected chi connectivity index (χ2v) is 9.57. The van der Waals surface area contributed by atoms with Gasteiger partial charge in [0, 0.05) is 36.8 Å². The number of hydrogen-bond donors (Lipinski definition) is 0. The van der Waals surface area contributed by atoms with Gasteiger partial charge in [-0.2, -0.15) is 4.31 Å². The van der Waals surface area contributed by atoms with Gasteiger partial charge in [0.15, 0.2) is 17.3 Å². The summed E-state index contributed by atoms with van der Waals surface area (Å²) in [5.74, 6) is 1.97. The van der Waals surface area contributed by atoms with Crippen molar-refractivity contribution in [3.8, 4) is 22.8 Å². The minimum absolute atomic E-state index is 0.245. The minimum atomic E-state index is -3.55. The van der Waals surface area contributed by atoms with Gasteiger partial charge in [0.2, 0.25) is 10.0 Å². The van der Waals surface area contributed by atoms with Crippen LogP contribution in [0, 0.1) is 0 Å². The normalized spacial score (nSPS) is 14.9. The molecule has 2 heterocycles. The van der Waals surface area contributed by atoms with Crippen LogP contribution in [0.5, 0.6) is 11.5 Å². The molecule has 168 valence electrons. The first-order valence-electron chi connectivity index (χ1n) is 9.99. The van der Waals surface area contributed by atoms with Gasteiger partial charge in [-0.05, 0) is 54.6 Å². The minimum Gasteiger partial charge on any atom is -0.493 e. The van der Waals surface area contributed by atoms with E-state index in [9.17, 15) is 8.42 Å². The fraction of sp³-hybridized carbons (Fsp3) is 0.273. The average Bonchev–Trinajstić information content (AvgIpc) is 2.84. The summed E-state index contributed by atoms with van der Waals surface area (Å²) in [4.78, 5) is 2.27. The van der Waals surface area contributed by atoms with Gasteiger partial charge >= 0.3 is 0 Å². The maximum absolute atomic E-state index is 12.9. The lowest BCUT2D eigenvalue weighted by atomic mass is 10.1. The third-order valence-corrected chi connectivity index (χ3v) is 7.51. The number of nitrogens with zero attached hydrogens (tertiary/aromatic N) is 4. The number of methoxy groups -OCH3 is 2. The van der Waals surface area contributed by atoms with Crippen molar-refractivity contribution in [3.63, 3.8) is 0 Å². The first-order chi connectivity index (χ1) is 15.4. The lowest BCUT2D eigenvalue weighted by Gasteiger charge is -2.34. The van der Waals surface area contributed by atoms with Crippen molar-refractivity contribution >= 4 is 27.4 Å². The third-order valence-electron chi connectivity index (χ3n) is 5.34. The van der Waals surface area contributed by atoms with Gasteiger partial charge in [-0.25, -0.2) is 8.42 Å². The number of hydrogen-bond acceptors (Lipinski definition) is 7. The van der Waals surface area contributed by atoms with Gasteiger partial charge < -0.3 is 14.4 Å². The van der Waals surface area contributed by atoms with Crippen LogP contribution >= 0.6 is 11.6 Å². The Morgan fingerprint density at radius 1 is 0.844 bits per heavy atom. The fourth-order valence-electron chi connectivity index (χ4n) is 3.56. The number of anilines is 1. The maximum Gasteiger partial charge on any atom is 0.243 e. The molecule has 0 spiro atoms. The van der Waals surface area contributed by atoms with E-state index in [4.69, 9.17) is 21.1 Å². The summed E-state index contributed by atoms with van der Waals surface area (Å²) in [6.45, 7) is 1.78. The Kier molecular flexibility index (Phi) is 6.50. The molecule has 0 atom stereocenters. The second kappa shape index (κ2) is 9.32. The third kappa shape index (κ3) is 4.50. The van der Waals surface area contributed by atoms with Crippen LogP contribution in [0.4, 0.5) is 5.82 Å². The van der Waals surface area contributed by atoms with E-state index in [1.807, 2.05) is 35.2 Å². The first-order valence-corrected chi connectivity index (χ1v) is 11.8. The smallest absolute Gasteiger partial charge is 0.243 e. The fourth-order valence-corrected chi connectivity index (χ4v) is 5.10. The number of halogens is 1. The lowest BCUT2D eigenvalue weighted by Crippen LogP contribution is -2.48. The summed E-state index contributed by atoms with van der Waals surface area (Å²) >= 11 is 5.87. The molecule has 0 unspecified atom stereocenters. The summed E-state index contributed by atoms with van der Waals surface area (Å²) in [5, 5.41) is 9.20. The number of piperazine rings is 1. The van der Waals surface area contributed by atoms with Gasteiger partial charge in [-0.1, -0.05) is 11.6 Å². The Balaban J connectivity index is 1.44. The highest BCUT2D eigenvalue weighted by atomic mass is 35.5. The average molecular weight is 475 g/mol. The number of rotatable bonds is 6. The van der Waals surface area contributed by atoms with Crippen molar-refractivity contribution < 1.29 is 17.9 Å². The van der Waals surface area contributed by atoms with Crippen LogP contribution in [0.25, 0.3) is 11.3 Å². The zero-order valence-corrected chi connectivity index (χ0v) is 19.3. The lowest BCUT2D eigenvalue weighted by molar-refractivity contribution is 0.355. The monoisotopic (exact) mass is 474 g/mol. The predicted octanol–water partition coefficient (Wildman–Crippen LogP) is 3.33. The largest absolute Gasteiger partial charge is 0.493 e. The molecule has 0 radical (unpaired) electrons. The van der Waals surface area contributed by atoms with E-state index in [2.05, 4.69) is 10.2 Å². The molecule has 1 aliphatic heterocycles. The maximum atomic E-state index is 12.9. The molecule has 0 amide bonds. The molecule has 3 aromatic rings. The highest BCUT2D eigenvalue weighted by molar-refractivity contribution is 7.89. The molecule has 10 heteroatoms. The molecule has 1 saturated heterocycles. The van der Waals surface area contributed by atoms with Gasteiger partial charge in [0.05, 0.1) is 24.8 Å². The van der Waals surface area contributed by atoms with E-state index >= 15 is 0 Å². The second-order valence-electron chi connectivity index (χ2n) is 7.19. The highest BCUT2D eigenvalue weighted by Crippen LogP contribution is 2.31. The summed E-state index contributed by atoms with van der Waals surface area (Å²) < 4.78 is 37.8. The van der Waals surface area contributed by atoms with Crippen LogP contribution in [0.2, 0.25) is 5.02 Å². The molecule has 0 N–H and O–H groups in total. The van der Waals surface area contributed by atoms with Crippen LogP contribution in [-0.4, -0.2) is 63.3 Å². The standard InChI is InChI=1S/C22H23ClN4O4S/c1-30-20-9-3-16(15-21(20)31-2)19-8-10-22(25-24-19)26-11-13-27(14-12-26)32(28,29)18-6-4-17(23)5-7-18/h3-10,15H,11-14H2,1-2H3. The first kappa shape index (κ1) is 22.3. The summed E-state index contributed by atoms with van der Waals surface area (Å²) in [6, 6.07) is 15.6. The molecule has 32 heavy (non-hydrogen) atoms. The van der Waals surface area contributed by atoms with E-state index < -0.39 is 10.0 Å². The molecule has 1 fully saturated rings. The molecular weight excluding hydrogens is 452 g/mol. The van der Waals surface area contributed by atoms with Gasteiger partial charge in [0.1, 0.15) is 0 Å². The van der Waals surface area contributed by atoms with E-state index in [1.165, 1.54) is 16.4 Å². The quantitative estimate of drug-likeness (QED) is 0.541. The van der Waals surface area contributed by atoms with Crippen LogP contribution in [-0.2, 0) is 10.0 Å². The topological polar surface area (TPSA) is 84.9 Å². The van der Waals surface area contributed by atoms with Crippen molar-refractivity contribution in [2.75, 3.05) is 45.3 Å².